The molecule has 19 heavy (non-hydrogen) atoms. The molecular formula is C12H14N2O3S2. The molecule has 0 unspecified atom stereocenters. The number of nitrogens with zero attached hydrogens (tertiary/aromatic N) is 1. The van der Waals surface area contributed by atoms with Gasteiger partial charge in [-0.05, 0) is 31.0 Å². The van der Waals surface area contributed by atoms with Crippen LogP contribution in [0, 0.1) is 11.3 Å². The quantitative estimate of drug-likeness (QED) is 0.892. The van der Waals surface area contributed by atoms with E-state index >= 15 is 0 Å². The maximum Gasteiger partial charge on any atom is 0.240 e. The molecule has 1 saturated heterocycles. The van der Waals surface area contributed by atoms with Crippen molar-refractivity contribution >= 4 is 20.8 Å². The van der Waals surface area contributed by atoms with Gasteiger partial charge in [0.15, 0.2) is 0 Å². The lowest BCUT2D eigenvalue weighted by atomic mass is 10.2. The normalized spacial score (nSPS) is 23.7. The Hall–Kier alpha value is -1.23. The zero-order chi connectivity index (χ0) is 13.9. The van der Waals surface area contributed by atoms with Crippen LogP contribution in [-0.4, -0.2) is 30.2 Å². The van der Waals surface area contributed by atoms with Gasteiger partial charge < -0.3 is 0 Å². The summed E-state index contributed by atoms with van der Waals surface area (Å²) >= 11 is 0. The van der Waals surface area contributed by atoms with Crippen molar-refractivity contribution in [2.24, 2.45) is 0 Å². The molecule has 5 nitrogen and oxygen atoms in total. The minimum atomic E-state index is -3.61. The topological polar surface area (TPSA) is 87.0 Å². The molecule has 2 rings (SSSR count). The second kappa shape index (κ2) is 5.82. The number of rotatable bonds is 3. The molecule has 0 aliphatic carbocycles. The third-order valence-corrected chi connectivity index (χ3v) is 5.88. The highest BCUT2D eigenvalue weighted by atomic mass is 32.2. The van der Waals surface area contributed by atoms with Crippen LogP contribution >= 0.6 is 0 Å². The van der Waals surface area contributed by atoms with Gasteiger partial charge in [0.2, 0.25) is 10.0 Å². The minimum Gasteiger partial charge on any atom is -0.260 e. The van der Waals surface area contributed by atoms with Gasteiger partial charge in [-0.2, -0.15) is 5.26 Å². The Kier molecular flexibility index (Phi) is 4.34. The first-order chi connectivity index (χ1) is 9.01. The Balaban J connectivity index is 2.14. The summed E-state index contributed by atoms with van der Waals surface area (Å²) in [5, 5.41) is 8.78. The maximum absolute atomic E-state index is 12.2. The fraction of sp³-hybridized carbons (Fsp3) is 0.417. The second-order valence-electron chi connectivity index (χ2n) is 4.38. The average molecular weight is 298 g/mol. The Labute approximate surface area is 115 Å². The number of hydrogen-bond acceptors (Lipinski definition) is 4. The van der Waals surface area contributed by atoms with Gasteiger partial charge in [0, 0.05) is 28.3 Å². The molecule has 0 amide bonds. The summed E-state index contributed by atoms with van der Waals surface area (Å²) in [6.45, 7) is 0. The van der Waals surface area contributed by atoms with E-state index < -0.39 is 20.8 Å². The van der Waals surface area contributed by atoms with Gasteiger partial charge in [-0.3, -0.25) is 4.21 Å². The minimum absolute atomic E-state index is 0.0956. The molecule has 1 heterocycles. The summed E-state index contributed by atoms with van der Waals surface area (Å²) in [6, 6.07) is 7.66. The van der Waals surface area contributed by atoms with Gasteiger partial charge in [-0.15, -0.1) is 0 Å². The van der Waals surface area contributed by atoms with Crippen molar-refractivity contribution in [1.82, 2.24) is 4.72 Å². The molecule has 0 radical (unpaired) electrons. The van der Waals surface area contributed by atoms with Crippen LogP contribution in [0.1, 0.15) is 18.4 Å². The number of hydrogen-bond donors (Lipinski definition) is 1. The van der Waals surface area contributed by atoms with Gasteiger partial charge in [-0.25, -0.2) is 13.1 Å². The molecule has 0 bridgehead atoms. The van der Waals surface area contributed by atoms with Crippen LogP contribution in [0.4, 0.5) is 0 Å². The Morgan fingerprint density at radius 3 is 2.63 bits per heavy atom. The maximum atomic E-state index is 12.2. The molecule has 1 fully saturated rings. The van der Waals surface area contributed by atoms with Crippen LogP contribution in [0.15, 0.2) is 29.2 Å². The van der Waals surface area contributed by atoms with E-state index in [2.05, 4.69) is 4.72 Å². The van der Waals surface area contributed by atoms with Gasteiger partial charge in [0.25, 0.3) is 0 Å². The van der Waals surface area contributed by atoms with Gasteiger partial charge >= 0.3 is 0 Å². The predicted octanol–water partition coefficient (Wildman–Crippen LogP) is 0.748. The van der Waals surface area contributed by atoms with Crippen LogP contribution in [0.25, 0.3) is 0 Å². The third-order valence-electron chi connectivity index (χ3n) is 2.98. The molecule has 0 spiro atoms. The van der Waals surface area contributed by atoms with E-state index in [9.17, 15) is 12.6 Å². The van der Waals surface area contributed by atoms with Crippen molar-refractivity contribution < 1.29 is 12.6 Å². The number of benzene rings is 1. The molecule has 102 valence electrons. The Morgan fingerprint density at radius 1 is 1.32 bits per heavy atom. The first kappa shape index (κ1) is 14.2. The monoisotopic (exact) mass is 298 g/mol. The van der Waals surface area contributed by atoms with Crippen molar-refractivity contribution in [3.8, 4) is 6.07 Å². The summed E-state index contributed by atoms with van der Waals surface area (Å²) in [6.07, 6.45) is 1.17. The van der Waals surface area contributed by atoms with Crippen molar-refractivity contribution in [3.63, 3.8) is 0 Å². The van der Waals surface area contributed by atoms with E-state index in [-0.39, 0.29) is 10.9 Å². The molecule has 0 atom stereocenters. The van der Waals surface area contributed by atoms with Gasteiger partial charge in [0.1, 0.15) is 0 Å². The number of sulfonamides is 1. The lowest BCUT2D eigenvalue weighted by molar-refractivity contribution is 0.522. The summed E-state index contributed by atoms with van der Waals surface area (Å²) in [4.78, 5) is 0.0956. The molecule has 1 aromatic carbocycles. The first-order valence-electron chi connectivity index (χ1n) is 5.89. The van der Waals surface area contributed by atoms with Crippen LogP contribution in [0.5, 0.6) is 0 Å². The predicted molar refractivity (Wildman–Crippen MR) is 72.4 cm³/mol. The molecule has 0 aromatic heterocycles. The molecular weight excluding hydrogens is 284 g/mol. The molecule has 1 aliphatic rings. The van der Waals surface area contributed by atoms with Gasteiger partial charge in [-0.1, -0.05) is 6.07 Å². The lowest BCUT2D eigenvalue weighted by Crippen LogP contribution is -2.39. The summed E-state index contributed by atoms with van der Waals surface area (Å²) < 4.78 is 38.1. The van der Waals surface area contributed by atoms with Crippen LogP contribution in [-0.2, 0) is 20.8 Å². The largest absolute Gasteiger partial charge is 0.260 e. The standard InChI is InChI=1S/C12H14N2O3S2/c13-9-10-2-1-3-12(8-10)19(16,17)14-11-4-6-18(15)7-5-11/h1-3,8,11,14H,4-7H2. The highest BCUT2D eigenvalue weighted by Gasteiger charge is 2.24. The molecule has 1 aromatic rings. The highest BCUT2D eigenvalue weighted by Crippen LogP contribution is 2.15. The smallest absolute Gasteiger partial charge is 0.240 e. The van der Waals surface area contributed by atoms with E-state index in [1.807, 2.05) is 6.07 Å². The summed E-state index contributed by atoms with van der Waals surface area (Å²) in [5.74, 6) is 1.07. The zero-order valence-electron chi connectivity index (χ0n) is 10.2. The molecule has 7 heteroatoms. The Morgan fingerprint density at radius 2 is 2.00 bits per heavy atom. The number of nitrogens with one attached hydrogen (secondary N) is 1. The fourth-order valence-corrected chi connectivity index (χ4v) is 4.58. The van der Waals surface area contributed by atoms with E-state index in [0.717, 1.165) is 0 Å². The van der Waals surface area contributed by atoms with Gasteiger partial charge in [0.05, 0.1) is 16.5 Å². The SMILES string of the molecule is N#Cc1cccc(S(=O)(=O)NC2CCS(=O)CC2)c1. The van der Waals surface area contributed by atoms with Crippen molar-refractivity contribution in [1.29, 1.82) is 5.26 Å². The second-order valence-corrected chi connectivity index (χ2v) is 7.79. The van der Waals surface area contributed by atoms with E-state index in [0.29, 0.717) is 29.9 Å². The van der Waals surface area contributed by atoms with Crippen LogP contribution < -0.4 is 4.72 Å². The zero-order valence-corrected chi connectivity index (χ0v) is 11.8. The summed E-state index contributed by atoms with van der Waals surface area (Å²) in [5.41, 5.74) is 0.313. The van der Waals surface area contributed by atoms with E-state index in [4.69, 9.17) is 5.26 Å². The van der Waals surface area contributed by atoms with E-state index in [1.165, 1.54) is 12.1 Å². The average Bonchev–Trinajstić information content (AvgIpc) is 2.41. The first-order valence-corrected chi connectivity index (χ1v) is 8.86. The highest BCUT2D eigenvalue weighted by molar-refractivity contribution is 7.89. The van der Waals surface area contributed by atoms with Crippen LogP contribution in [0.2, 0.25) is 0 Å². The molecule has 1 N–H and O–H groups in total. The third kappa shape index (κ3) is 3.62. The molecule has 0 saturated carbocycles. The number of nitriles is 1. The van der Waals surface area contributed by atoms with Crippen molar-refractivity contribution in [2.75, 3.05) is 11.5 Å². The van der Waals surface area contributed by atoms with Crippen LogP contribution in [0.3, 0.4) is 0 Å². The lowest BCUT2D eigenvalue weighted by Gasteiger charge is -2.22. The van der Waals surface area contributed by atoms with Crippen molar-refractivity contribution in [3.05, 3.63) is 29.8 Å². The Bertz CT molecular complexity index is 625. The van der Waals surface area contributed by atoms with Crippen molar-refractivity contribution in [2.45, 2.75) is 23.8 Å². The fourth-order valence-electron chi connectivity index (χ4n) is 1.93. The summed E-state index contributed by atoms with van der Waals surface area (Å²) in [7, 11) is -4.43. The van der Waals surface area contributed by atoms with E-state index in [1.54, 1.807) is 12.1 Å². The molecule has 1 aliphatic heterocycles.